The maximum absolute atomic E-state index is 13.0. The molecule has 0 saturated carbocycles. The highest BCUT2D eigenvalue weighted by molar-refractivity contribution is 5.89. The molecule has 172 valence electrons. The van der Waals surface area contributed by atoms with Crippen LogP contribution in [-0.4, -0.2) is 104 Å². The lowest BCUT2D eigenvalue weighted by Gasteiger charge is -2.29. The Bertz CT molecular complexity index is 727. The van der Waals surface area contributed by atoms with Gasteiger partial charge in [0, 0.05) is 40.8 Å². The van der Waals surface area contributed by atoms with Gasteiger partial charge in [0.15, 0.2) is 0 Å². The standard InChI is InChI=1S/C21H31N3O7/c1-17(25)22(9-11-30-2)14-20(27)24(13-18-7-5-4-6-8-18)15-19(26)23(10-12-31-3)16-21(28)29/h4-8H,9-16H2,1-3H3,(H,28,29). The highest BCUT2D eigenvalue weighted by Gasteiger charge is 2.25. The molecule has 10 nitrogen and oxygen atoms in total. The van der Waals surface area contributed by atoms with Crippen molar-refractivity contribution in [3.63, 3.8) is 0 Å². The molecular formula is C21H31N3O7. The molecule has 3 amide bonds. The fraction of sp³-hybridized carbons (Fsp3) is 0.524. The van der Waals surface area contributed by atoms with Crippen LogP contribution in [0.2, 0.25) is 0 Å². The van der Waals surface area contributed by atoms with E-state index in [9.17, 15) is 19.2 Å². The largest absolute Gasteiger partial charge is 0.480 e. The first-order valence-corrected chi connectivity index (χ1v) is 9.83. The number of benzene rings is 1. The minimum Gasteiger partial charge on any atom is -0.480 e. The molecule has 0 unspecified atom stereocenters. The summed E-state index contributed by atoms with van der Waals surface area (Å²) in [7, 11) is 2.95. The van der Waals surface area contributed by atoms with E-state index in [0.717, 1.165) is 10.5 Å². The molecule has 1 N–H and O–H groups in total. The average molecular weight is 437 g/mol. The molecule has 0 atom stereocenters. The number of carbonyl (C=O) groups excluding carboxylic acids is 3. The fourth-order valence-corrected chi connectivity index (χ4v) is 2.77. The van der Waals surface area contributed by atoms with Gasteiger partial charge in [-0.1, -0.05) is 30.3 Å². The van der Waals surface area contributed by atoms with E-state index in [4.69, 9.17) is 14.6 Å². The first-order valence-electron chi connectivity index (χ1n) is 9.83. The molecule has 0 aromatic heterocycles. The summed E-state index contributed by atoms with van der Waals surface area (Å²) in [6.45, 7) is 1.24. The summed E-state index contributed by atoms with van der Waals surface area (Å²) in [5, 5.41) is 9.10. The normalized spacial score (nSPS) is 10.4. The Labute approximate surface area is 182 Å². The molecule has 0 spiro atoms. The van der Waals surface area contributed by atoms with Crippen LogP contribution in [0, 0.1) is 0 Å². The number of rotatable bonds is 14. The number of carboxylic acids is 1. The summed E-state index contributed by atoms with van der Waals surface area (Å²) in [6.07, 6.45) is 0. The van der Waals surface area contributed by atoms with E-state index < -0.39 is 24.3 Å². The van der Waals surface area contributed by atoms with E-state index in [1.165, 1.54) is 30.9 Å². The molecule has 0 saturated heterocycles. The number of hydrogen-bond acceptors (Lipinski definition) is 6. The van der Waals surface area contributed by atoms with Gasteiger partial charge < -0.3 is 29.3 Å². The second kappa shape index (κ2) is 14.1. The zero-order valence-electron chi connectivity index (χ0n) is 18.3. The van der Waals surface area contributed by atoms with Crippen LogP contribution in [0.3, 0.4) is 0 Å². The lowest BCUT2D eigenvalue weighted by molar-refractivity contribution is -0.148. The van der Waals surface area contributed by atoms with E-state index in [-0.39, 0.29) is 51.8 Å². The second-order valence-corrected chi connectivity index (χ2v) is 6.87. The van der Waals surface area contributed by atoms with Gasteiger partial charge in [-0.05, 0) is 5.56 Å². The Hall–Kier alpha value is -2.98. The number of nitrogens with zero attached hydrogens (tertiary/aromatic N) is 3. The lowest BCUT2D eigenvalue weighted by atomic mass is 10.2. The van der Waals surface area contributed by atoms with Crippen LogP contribution in [0.1, 0.15) is 12.5 Å². The maximum atomic E-state index is 13.0. The number of carboxylic acid groups (broad SMARTS) is 1. The predicted molar refractivity (Wildman–Crippen MR) is 112 cm³/mol. The van der Waals surface area contributed by atoms with Gasteiger partial charge in [0.1, 0.15) is 13.1 Å². The van der Waals surface area contributed by atoms with Gasteiger partial charge in [-0.25, -0.2) is 0 Å². The van der Waals surface area contributed by atoms with Crippen molar-refractivity contribution < 1.29 is 33.8 Å². The monoisotopic (exact) mass is 437 g/mol. The van der Waals surface area contributed by atoms with Crippen LogP contribution < -0.4 is 0 Å². The molecule has 0 aliphatic carbocycles. The molecule has 0 aliphatic rings. The molecule has 0 fully saturated rings. The number of carbonyl (C=O) groups is 4. The van der Waals surface area contributed by atoms with Gasteiger partial charge in [0.05, 0.1) is 19.8 Å². The molecule has 10 heteroatoms. The molecule has 0 heterocycles. The second-order valence-electron chi connectivity index (χ2n) is 6.87. The number of amides is 3. The van der Waals surface area contributed by atoms with Crippen molar-refractivity contribution >= 4 is 23.7 Å². The van der Waals surface area contributed by atoms with Crippen molar-refractivity contribution in [3.05, 3.63) is 35.9 Å². The quantitative estimate of drug-likeness (QED) is 0.438. The highest BCUT2D eigenvalue weighted by Crippen LogP contribution is 2.07. The van der Waals surface area contributed by atoms with E-state index in [1.54, 1.807) is 0 Å². The Morgan fingerprint density at radius 1 is 0.806 bits per heavy atom. The Balaban J connectivity index is 3.00. The zero-order chi connectivity index (χ0) is 23.2. The molecule has 0 aliphatic heterocycles. The molecule has 1 rings (SSSR count). The van der Waals surface area contributed by atoms with Crippen molar-refractivity contribution in [1.29, 1.82) is 0 Å². The van der Waals surface area contributed by atoms with Gasteiger partial charge in [0.25, 0.3) is 0 Å². The van der Waals surface area contributed by atoms with Crippen LogP contribution in [-0.2, 0) is 35.2 Å². The topological polar surface area (TPSA) is 117 Å². The van der Waals surface area contributed by atoms with Gasteiger partial charge in [0.2, 0.25) is 17.7 Å². The molecular weight excluding hydrogens is 406 g/mol. The number of hydrogen-bond donors (Lipinski definition) is 1. The van der Waals surface area contributed by atoms with Crippen molar-refractivity contribution in [2.45, 2.75) is 13.5 Å². The van der Waals surface area contributed by atoms with Crippen LogP contribution in [0.15, 0.2) is 30.3 Å². The summed E-state index contributed by atoms with van der Waals surface area (Å²) in [4.78, 5) is 52.6. The van der Waals surface area contributed by atoms with Crippen LogP contribution in [0.4, 0.5) is 0 Å². The van der Waals surface area contributed by atoms with Crippen molar-refractivity contribution in [3.8, 4) is 0 Å². The van der Waals surface area contributed by atoms with Crippen molar-refractivity contribution in [2.75, 3.05) is 60.2 Å². The third-order valence-corrected chi connectivity index (χ3v) is 4.48. The Kier molecular flexibility index (Phi) is 11.9. The van der Waals surface area contributed by atoms with Gasteiger partial charge in [-0.15, -0.1) is 0 Å². The molecule has 1 aromatic carbocycles. The van der Waals surface area contributed by atoms with E-state index >= 15 is 0 Å². The average Bonchev–Trinajstić information content (AvgIpc) is 2.73. The first kappa shape index (κ1) is 26.1. The number of methoxy groups -OCH3 is 2. The third kappa shape index (κ3) is 10.1. The Morgan fingerprint density at radius 3 is 1.84 bits per heavy atom. The molecule has 0 bridgehead atoms. The van der Waals surface area contributed by atoms with E-state index in [1.807, 2.05) is 30.3 Å². The van der Waals surface area contributed by atoms with Crippen molar-refractivity contribution in [1.82, 2.24) is 14.7 Å². The van der Waals surface area contributed by atoms with Gasteiger partial charge in [-0.3, -0.25) is 19.2 Å². The van der Waals surface area contributed by atoms with Gasteiger partial charge >= 0.3 is 5.97 Å². The lowest BCUT2D eigenvalue weighted by Crippen LogP contribution is -2.48. The number of ether oxygens (including phenoxy) is 2. The minimum absolute atomic E-state index is 0.0857. The van der Waals surface area contributed by atoms with Crippen LogP contribution in [0.5, 0.6) is 0 Å². The van der Waals surface area contributed by atoms with Gasteiger partial charge in [-0.2, -0.15) is 0 Å². The van der Waals surface area contributed by atoms with Crippen LogP contribution in [0.25, 0.3) is 0 Å². The Morgan fingerprint density at radius 2 is 1.32 bits per heavy atom. The molecule has 0 radical (unpaired) electrons. The summed E-state index contributed by atoms with van der Waals surface area (Å²) in [5.74, 6) is -2.39. The highest BCUT2D eigenvalue weighted by atomic mass is 16.5. The maximum Gasteiger partial charge on any atom is 0.323 e. The predicted octanol–water partition coefficient (Wildman–Crippen LogP) is 0.0697. The van der Waals surface area contributed by atoms with E-state index in [0.29, 0.717) is 0 Å². The number of aliphatic carboxylic acids is 1. The summed E-state index contributed by atoms with van der Waals surface area (Å²) < 4.78 is 9.93. The van der Waals surface area contributed by atoms with Crippen molar-refractivity contribution in [2.24, 2.45) is 0 Å². The summed E-state index contributed by atoms with van der Waals surface area (Å²) in [5.41, 5.74) is 0.802. The first-order chi connectivity index (χ1) is 14.8. The zero-order valence-corrected chi connectivity index (χ0v) is 18.3. The summed E-state index contributed by atoms with van der Waals surface area (Å²) >= 11 is 0. The van der Waals surface area contributed by atoms with E-state index in [2.05, 4.69) is 0 Å². The smallest absolute Gasteiger partial charge is 0.323 e. The van der Waals surface area contributed by atoms with Crippen LogP contribution >= 0.6 is 0 Å². The summed E-state index contributed by atoms with van der Waals surface area (Å²) in [6, 6.07) is 9.10. The fourth-order valence-electron chi connectivity index (χ4n) is 2.77. The third-order valence-electron chi connectivity index (χ3n) is 4.48. The molecule has 31 heavy (non-hydrogen) atoms. The molecule has 1 aromatic rings. The SMILES string of the molecule is COCCN(CC(=O)N(CC(=O)N(CCOC)CC(=O)O)Cc1ccccc1)C(C)=O. The minimum atomic E-state index is -1.16.